The van der Waals surface area contributed by atoms with Crippen LogP contribution in [0.15, 0.2) is 24.3 Å². The molecule has 0 aliphatic carbocycles. The van der Waals surface area contributed by atoms with Crippen LogP contribution in [0.5, 0.6) is 5.75 Å². The lowest BCUT2D eigenvalue weighted by molar-refractivity contribution is 0.411. The van der Waals surface area contributed by atoms with Crippen LogP contribution in [0.4, 0.5) is 0 Å². The fourth-order valence-corrected chi connectivity index (χ4v) is 3.17. The monoisotopic (exact) mass is 366 g/mol. The van der Waals surface area contributed by atoms with Crippen LogP contribution in [0.3, 0.4) is 0 Å². The number of unbranched alkanes of at least 4 members (excludes halogenated alkanes) is 5. The fourth-order valence-electron chi connectivity index (χ4n) is 2.63. The summed E-state index contributed by atoms with van der Waals surface area (Å²) in [6.45, 7) is 2.24. The number of hydrogen-bond donors (Lipinski definition) is 0. The number of aromatic nitrogens is 2. The Bertz CT molecular complexity index is 621. The van der Waals surface area contributed by atoms with Crippen molar-refractivity contribution in [2.45, 2.75) is 51.9 Å². The maximum atomic E-state index is 6.08. The second-order valence-corrected chi connectivity index (χ2v) is 6.59. The summed E-state index contributed by atoms with van der Waals surface area (Å²) < 4.78 is 5.08. The Morgan fingerprint density at radius 1 is 0.875 bits per heavy atom. The van der Waals surface area contributed by atoms with Crippen molar-refractivity contribution in [3.05, 3.63) is 40.1 Å². The van der Waals surface area contributed by atoms with Gasteiger partial charge in [0.2, 0.25) is 0 Å². The first-order valence-corrected chi connectivity index (χ1v) is 9.27. The quantitative estimate of drug-likeness (QED) is 0.382. The summed E-state index contributed by atoms with van der Waals surface area (Å²) in [5, 5.41) is 0.451. The average molecular weight is 367 g/mol. The largest absolute Gasteiger partial charge is 0.491 e. The third-order valence-corrected chi connectivity index (χ3v) is 4.53. The summed E-state index contributed by atoms with van der Waals surface area (Å²) in [7, 11) is 1.49. The highest BCUT2D eigenvalue weighted by molar-refractivity contribution is 6.35. The lowest BCUT2D eigenvalue weighted by Crippen LogP contribution is -1.96. The zero-order valence-electron chi connectivity index (χ0n) is 14.3. The minimum absolute atomic E-state index is 0.226. The molecule has 0 fully saturated rings. The average Bonchev–Trinajstić information content (AvgIpc) is 2.58. The van der Waals surface area contributed by atoms with E-state index in [9.17, 15) is 0 Å². The minimum Gasteiger partial charge on any atom is -0.491 e. The van der Waals surface area contributed by atoms with Gasteiger partial charge < -0.3 is 4.74 Å². The van der Waals surface area contributed by atoms with Crippen LogP contribution in [0.25, 0.3) is 11.4 Å². The number of aryl methyl sites for hydroxylation is 1. The topological polar surface area (TPSA) is 35.0 Å². The van der Waals surface area contributed by atoms with Crippen molar-refractivity contribution in [1.29, 1.82) is 0 Å². The molecule has 0 atom stereocenters. The van der Waals surface area contributed by atoms with Gasteiger partial charge in [-0.05, 0) is 18.4 Å². The van der Waals surface area contributed by atoms with Crippen molar-refractivity contribution < 1.29 is 4.74 Å². The Morgan fingerprint density at radius 3 is 2.04 bits per heavy atom. The number of methoxy groups -OCH3 is 1. The van der Waals surface area contributed by atoms with Gasteiger partial charge in [0.05, 0.1) is 7.11 Å². The van der Waals surface area contributed by atoms with E-state index in [0.717, 1.165) is 12.0 Å². The van der Waals surface area contributed by atoms with Crippen LogP contribution < -0.4 is 4.74 Å². The van der Waals surface area contributed by atoms with Crippen molar-refractivity contribution in [2.75, 3.05) is 7.11 Å². The highest BCUT2D eigenvalue weighted by Crippen LogP contribution is 2.31. The molecule has 0 spiro atoms. The van der Waals surface area contributed by atoms with Gasteiger partial charge in [-0.15, -0.1) is 0 Å². The predicted octanol–water partition coefficient (Wildman–Crippen LogP) is 6.36. The maximum absolute atomic E-state index is 6.08. The molecule has 1 heterocycles. The van der Waals surface area contributed by atoms with Gasteiger partial charge >= 0.3 is 0 Å². The van der Waals surface area contributed by atoms with E-state index in [0.29, 0.717) is 11.6 Å². The van der Waals surface area contributed by atoms with Crippen molar-refractivity contribution >= 4 is 23.2 Å². The van der Waals surface area contributed by atoms with Gasteiger partial charge in [-0.2, -0.15) is 0 Å². The van der Waals surface area contributed by atoms with Crippen LogP contribution >= 0.6 is 23.2 Å². The Labute approximate surface area is 154 Å². The summed E-state index contributed by atoms with van der Waals surface area (Å²) in [6, 6.07) is 8.27. The normalized spacial score (nSPS) is 10.8. The van der Waals surface area contributed by atoms with E-state index in [1.165, 1.54) is 51.2 Å². The Balaban J connectivity index is 1.94. The molecule has 2 rings (SSSR count). The molecular formula is C19H24Cl2N2O. The standard InChI is InChI=1S/C19H24Cl2N2O/c1-3-4-5-6-7-8-9-14-10-12-15(13-11-14)19-22-17(20)16(24-2)18(21)23-19/h10-13H,3-9H2,1-2H3. The van der Waals surface area contributed by atoms with Crippen LogP contribution in [-0.4, -0.2) is 17.1 Å². The van der Waals surface area contributed by atoms with Gasteiger partial charge in [-0.25, -0.2) is 9.97 Å². The summed E-state index contributed by atoms with van der Waals surface area (Å²) in [6.07, 6.45) is 8.98. The number of nitrogens with zero attached hydrogens (tertiary/aromatic N) is 2. The molecule has 24 heavy (non-hydrogen) atoms. The fraction of sp³-hybridized carbons (Fsp3) is 0.474. The smallest absolute Gasteiger partial charge is 0.193 e. The molecule has 0 bridgehead atoms. The zero-order valence-corrected chi connectivity index (χ0v) is 15.8. The molecule has 1 aromatic carbocycles. The van der Waals surface area contributed by atoms with Crippen LogP contribution in [0, 0.1) is 0 Å². The summed E-state index contributed by atoms with van der Waals surface area (Å²) in [5.41, 5.74) is 2.23. The highest BCUT2D eigenvalue weighted by atomic mass is 35.5. The van der Waals surface area contributed by atoms with Gasteiger partial charge in [0.25, 0.3) is 0 Å². The molecule has 1 aromatic heterocycles. The Morgan fingerprint density at radius 2 is 1.46 bits per heavy atom. The van der Waals surface area contributed by atoms with Gasteiger partial charge in [0.15, 0.2) is 21.9 Å². The molecule has 0 aliphatic rings. The number of rotatable bonds is 9. The molecule has 0 amide bonds. The van der Waals surface area contributed by atoms with Crippen molar-refractivity contribution in [1.82, 2.24) is 9.97 Å². The lowest BCUT2D eigenvalue weighted by Gasteiger charge is -2.08. The van der Waals surface area contributed by atoms with E-state index in [2.05, 4.69) is 29.0 Å². The maximum Gasteiger partial charge on any atom is 0.193 e. The van der Waals surface area contributed by atoms with Crippen molar-refractivity contribution in [2.24, 2.45) is 0 Å². The first kappa shape index (κ1) is 19.0. The highest BCUT2D eigenvalue weighted by Gasteiger charge is 2.13. The first-order valence-electron chi connectivity index (χ1n) is 8.52. The SMILES string of the molecule is CCCCCCCCc1ccc(-c2nc(Cl)c(OC)c(Cl)n2)cc1. The van der Waals surface area contributed by atoms with E-state index in [4.69, 9.17) is 27.9 Å². The van der Waals surface area contributed by atoms with E-state index in [1.54, 1.807) is 0 Å². The van der Waals surface area contributed by atoms with Gasteiger partial charge in [0, 0.05) is 5.56 Å². The predicted molar refractivity (Wildman–Crippen MR) is 101 cm³/mol. The van der Waals surface area contributed by atoms with E-state index in [-0.39, 0.29) is 10.3 Å². The third kappa shape index (κ3) is 5.35. The zero-order chi connectivity index (χ0) is 17.4. The molecular weight excluding hydrogens is 343 g/mol. The van der Waals surface area contributed by atoms with Crippen molar-refractivity contribution in [3.8, 4) is 17.1 Å². The molecule has 0 saturated heterocycles. The van der Waals surface area contributed by atoms with E-state index < -0.39 is 0 Å². The van der Waals surface area contributed by atoms with Crippen LogP contribution in [0.2, 0.25) is 10.3 Å². The third-order valence-electron chi connectivity index (χ3n) is 4.02. The molecule has 0 N–H and O–H groups in total. The number of halogens is 2. The van der Waals surface area contributed by atoms with E-state index in [1.807, 2.05) is 12.1 Å². The number of ether oxygens (including phenoxy) is 1. The molecule has 3 nitrogen and oxygen atoms in total. The summed E-state index contributed by atoms with van der Waals surface area (Å²) in [5.74, 6) is 0.818. The molecule has 2 aromatic rings. The van der Waals surface area contributed by atoms with Gasteiger partial charge in [-0.3, -0.25) is 0 Å². The Kier molecular flexibility index (Phi) is 7.80. The molecule has 0 unspecified atom stereocenters. The lowest BCUT2D eigenvalue weighted by atomic mass is 10.0. The molecule has 130 valence electrons. The number of hydrogen-bond acceptors (Lipinski definition) is 3. The van der Waals surface area contributed by atoms with Gasteiger partial charge in [0.1, 0.15) is 0 Å². The first-order chi connectivity index (χ1) is 11.7. The van der Waals surface area contributed by atoms with Gasteiger partial charge in [-0.1, -0.05) is 86.5 Å². The molecule has 0 saturated carbocycles. The summed E-state index contributed by atoms with van der Waals surface area (Å²) >= 11 is 12.2. The molecule has 0 aliphatic heterocycles. The van der Waals surface area contributed by atoms with Crippen LogP contribution in [-0.2, 0) is 6.42 Å². The summed E-state index contributed by atoms with van der Waals surface area (Å²) in [4.78, 5) is 8.51. The second-order valence-electron chi connectivity index (χ2n) is 5.88. The number of benzene rings is 1. The van der Waals surface area contributed by atoms with Crippen LogP contribution in [0.1, 0.15) is 51.0 Å². The molecule has 5 heteroatoms. The van der Waals surface area contributed by atoms with Crippen molar-refractivity contribution in [3.63, 3.8) is 0 Å². The Hall–Kier alpha value is -1.32. The molecule has 0 radical (unpaired) electrons. The second kappa shape index (κ2) is 9.85. The minimum atomic E-state index is 0.226. The van der Waals surface area contributed by atoms with E-state index >= 15 is 0 Å².